The molecule has 0 bridgehead atoms. The van der Waals surface area contributed by atoms with Gasteiger partial charge in [0.05, 0.1) is 39.0 Å². The number of nitrogens with zero attached hydrogens (tertiary/aromatic N) is 5. The van der Waals surface area contributed by atoms with Crippen LogP contribution in [0.1, 0.15) is 50.1 Å². The van der Waals surface area contributed by atoms with Gasteiger partial charge in [0.2, 0.25) is 0 Å². The Balaban J connectivity index is 1.06. The summed E-state index contributed by atoms with van der Waals surface area (Å²) in [6.45, 7) is 16.9. The maximum absolute atomic E-state index is 17.0. The molecule has 0 saturated carbocycles. The molecule has 446 valence electrons. The van der Waals surface area contributed by atoms with Crippen LogP contribution in [0.3, 0.4) is 0 Å². The molecule has 0 unspecified atom stereocenters. The molecule has 0 aliphatic carbocycles. The monoisotopic (exact) mass is 1200 g/mol. The van der Waals surface area contributed by atoms with Crippen LogP contribution in [0, 0.1) is 55.4 Å². The topological polar surface area (TPSA) is 48.5 Å². The van der Waals surface area contributed by atoms with Gasteiger partial charge in [0, 0.05) is 49.4 Å². The molecule has 0 N–H and O–H groups in total. The van der Waals surface area contributed by atoms with Crippen LogP contribution in [0.4, 0.5) is 13.2 Å². The second kappa shape index (κ2) is 22.5. The molecular weight excluding hydrogens is 1140 g/mol. The highest BCUT2D eigenvalue weighted by molar-refractivity contribution is 6.14. The molecule has 15 aromatic rings. The summed E-state index contributed by atoms with van der Waals surface area (Å²) in [5.74, 6) is 1.18. The number of benzene rings is 12. The fourth-order valence-electron chi connectivity index (χ4n) is 14.0. The fourth-order valence-corrected chi connectivity index (χ4v) is 14.0. The fraction of sp³-hybridized carbons (Fsp3) is 0.107. The Kier molecular flexibility index (Phi) is 14.1. The van der Waals surface area contributed by atoms with Crippen molar-refractivity contribution in [1.82, 2.24) is 24.1 Å². The second-order valence-corrected chi connectivity index (χ2v) is 24.8. The van der Waals surface area contributed by atoms with Crippen LogP contribution >= 0.6 is 0 Å². The summed E-state index contributed by atoms with van der Waals surface area (Å²) in [6.07, 6.45) is -4.83. The number of fused-ring (bicyclic) bond motifs is 6. The molecular formula is C84H64F3N5. The summed E-state index contributed by atoms with van der Waals surface area (Å²) in [5, 5.41) is 3.75. The number of aryl methyl sites for hydroxylation is 8. The van der Waals surface area contributed by atoms with E-state index in [4.69, 9.17) is 15.0 Å². The quantitative estimate of drug-likeness (QED) is 0.137. The zero-order chi connectivity index (χ0) is 63.3. The molecule has 0 atom stereocenters. The van der Waals surface area contributed by atoms with Gasteiger partial charge in [0.1, 0.15) is 0 Å². The van der Waals surface area contributed by atoms with Gasteiger partial charge in [-0.05, 0) is 201 Å². The first-order valence-electron chi connectivity index (χ1n) is 31.2. The molecule has 3 aromatic heterocycles. The van der Waals surface area contributed by atoms with E-state index in [-0.39, 0.29) is 5.56 Å². The summed E-state index contributed by atoms with van der Waals surface area (Å²) < 4.78 is 55.1. The van der Waals surface area contributed by atoms with E-state index >= 15 is 13.2 Å². The Morgan fingerprint density at radius 3 is 0.957 bits per heavy atom. The molecule has 15 rings (SSSR count). The van der Waals surface area contributed by atoms with Gasteiger partial charge >= 0.3 is 6.18 Å². The maximum atomic E-state index is 17.0. The zero-order valence-corrected chi connectivity index (χ0v) is 52.5. The predicted molar refractivity (Wildman–Crippen MR) is 375 cm³/mol. The first-order valence-corrected chi connectivity index (χ1v) is 31.2. The largest absolute Gasteiger partial charge is 0.417 e. The van der Waals surface area contributed by atoms with Crippen LogP contribution in [-0.4, -0.2) is 24.1 Å². The lowest BCUT2D eigenvalue weighted by molar-refractivity contribution is -0.137. The first-order chi connectivity index (χ1) is 44.5. The average molecular weight is 1200 g/mol. The van der Waals surface area contributed by atoms with Gasteiger partial charge < -0.3 is 9.13 Å². The Morgan fingerprint density at radius 1 is 0.272 bits per heavy atom. The lowest BCUT2D eigenvalue weighted by atomic mass is 9.93. The van der Waals surface area contributed by atoms with Crippen LogP contribution in [0.5, 0.6) is 0 Å². The van der Waals surface area contributed by atoms with Gasteiger partial charge in [-0.15, -0.1) is 0 Å². The Bertz CT molecular complexity index is 5200. The highest BCUT2D eigenvalue weighted by Crippen LogP contribution is 2.49. The second-order valence-electron chi connectivity index (χ2n) is 24.8. The van der Waals surface area contributed by atoms with E-state index < -0.39 is 11.7 Å². The first kappa shape index (κ1) is 57.5. The van der Waals surface area contributed by atoms with E-state index in [0.29, 0.717) is 40.0 Å². The number of aromatic nitrogens is 5. The summed E-state index contributed by atoms with van der Waals surface area (Å²) in [7, 11) is 0. The van der Waals surface area contributed by atoms with Crippen molar-refractivity contribution in [3.8, 4) is 101 Å². The standard InChI is InChI=1S/C84H64F3N5/c1-49-22-31-64(53(5)40-49)59-26-35-74-68(44-59)69-45-60(65-32-23-50(2)41-54(65)6)27-36-75(69)91(74)78-39-30-63(83-89-81(57-16-11-9-12-17-57)88-82(90-83)58-18-13-10-14-19-58)48-72(78)80-73(84(85,86)87)20-15-21-79(80)92-76-37-28-61(66-33-24-51(3)42-55(66)7)46-70(76)71-47-62(29-38-77(71)92)67-34-25-52(4)43-56(67)8/h9-48H,1-8H3. The van der Waals surface area contributed by atoms with E-state index in [9.17, 15) is 0 Å². The van der Waals surface area contributed by atoms with Crippen molar-refractivity contribution >= 4 is 43.6 Å². The lowest BCUT2D eigenvalue weighted by Gasteiger charge is -2.23. The number of hydrogen-bond acceptors (Lipinski definition) is 3. The molecule has 0 spiro atoms. The molecule has 0 fully saturated rings. The SMILES string of the molecule is Cc1ccc(-c2ccc3c(c2)c2cc(-c4ccc(C)cc4C)ccc2n3-c2ccc(-c3nc(-c4ccccc4)nc(-c4ccccc4)n3)cc2-c2c(-n3c4ccc(-c5ccc(C)cc5C)cc4c4cc(-c5ccc(C)cc5C)ccc43)cccc2C(F)(F)F)c(C)c1. The minimum absolute atomic E-state index is 0.00184. The predicted octanol–water partition coefficient (Wildman–Crippen LogP) is 22.9. The van der Waals surface area contributed by atoms with Crippen LogP contribution in [0.2, 0.25) is 0 Å². The third-order valence-corrected chi connectivity index (χ3v) is 18.4. The molecule has 8 heteroatoms. The van der Waals surface area contributed by atoms with Crippen molar-refractivity contribution in [3.63, 3.8) is 0 Å². The van der Waals surface area contributed by atoms with Crippen molar-refractivity contribution in [2.24, 2.45) is 0 Å². The molecule has 0 saturated heterocycles. The summed E-state index contributed by atoms with van der Waals surface area (Å²) in [5.41, 5.74) is 23.4. The van der Waals surface area contributed by atoms with Crippen LogP contribution < -0.4 is 0 Å². The molecule has 0 aliphatic heterocycles. The lowest BCUT2D eigenvalue weighted by Crippen LogP contribution is -2.11. The minimum Gasteiger partial charge on any atom is -0.309 e. The summed E-state index contributed by atoms with van der Waals surface area (Å²) in [4.78, 5) is 15.4. The number of rotatable bonds is 10. The zero-order valence-electron chi connectivity index (χ0n) is 52.5. The normalized spacial score (nSPS) is 11.9. The van der Waals surface area contributed by atoms with Crippen molar-refractivity contribution < 1.29 is 13.2 Å². The number of hydrogen-bond donors (Lipinski definition) is 0. The smallest absolute Gasteiger partial charge is 0.309 e. The van der Waals surface area contributed by atoms with Crippen molar-refractivity contribution in [3.05, 3.63) is 293 Å². The average Bonchev–Trinajstić information content (AvgIpc) is 1.42. The van der Waals surface area contributed by atoms with Crippen molar-refractivity contribution in [2.75, 3.05) is 0 Å². The molecule has 0 amide bonds. The van der Waals surface area contributed by atoms with Gasteiger partial charge in [-0.2, -0.15) is 13.2 Å². The molecule has 3 heterocycles. The highest BCUT2D eigenvalue weighted by atomic mass is 19.4. The number of alkyl halides is 3. The Labute approximate surface area is 533 Å². The number of halogens is 3. The van der Waals surface area contributed by atoms with Gasteiger partial charge in [-0.3, -0.25) is 0 Å². The van der Waals surface area contributed by atoms with Gasteiger partial charge in [0.25, 0.3) is 0 Å². The van der Waals surface area contributed by atoms with Crippen molar-refractivity contribution in [2.45, 2.75) is 61.6 Å². The van der Waals surface area contributed by atoms with Gasteiger partial charge in [-0.25, -0.2) is 15.0 Å². The third kappa shape index (κ3) is 10.1. The van der Waals surface area contributed by atoms with Gasteiger partial charge in [0.15, 0.2) is 17.5 Å². The molecule has 5 nitrogen and oxygen atoms in total. The molecule has 0 aliphatic rings. The van der Waals surface area contributed by atoms with Crippen molar-refractivity contribution in [1.29, 1.82) is 0 Å². The van der Waals surface area contributed by atoms with Crippen LogP contribution in [0.15, 0.2) is 243 Å². The summed E-state index contributed by atoms with van der Waals surface area (Å²) >= 11 is 0. The Hall–Kier alpha value is -11.0. The van der Waals surface area contributed by atoms with E-state index in [1.165, 1.54) is 17.2 Å². The third-order valence-electron chi connectivity index (χ3n) is 18.4. The molecule has 92 heavy (non-hydrogen) atoms. The molecule has 12 aromatic carbocycles. The summed E-state index contributed by atoms with van der Waals surface area (Å²) in [6, 6.07) is 81.7. The minimum atomic E-state index is -4.83. The van der Waals surface area contributed by atoms with E-state index in [0.717, 1.165) is 133 Å². The van der Waals surface area contributed by atoms with E-state index in [1.807, 2.05) is 89.5 Å². The van der Waals surface area contributed by atoms with Crippen LogP contribution in [-0.2, 0) is 6.18 Å². The maximum Gasteiger partial charge on any atom is 0.417 e. The van der Waals surface area contributed by atoms with Crippen LogP contribution in [0.25, 0.3) is 145 Å². The van der Waals surface area contributed by atoms with E-state index in [1.54, 1.807) is 6.07 Å². The molecule has 0 radical (unpaired) electrons. The Morgan fingerprint density at radius 2 is 0.609 bits per heavy atom. The van der Waals surface area contributed by atoms with Gasteiger partial charge in [-0.1, -0.05) is 186 Å². The van der Waals surface area contributed by atoms with E-state index in [2.05, 4.69) is 206 Å². The highest BCUT2D eigenvalue weighted by Gasteiger charge is 2.37.